The predicted octanol–water partition coefficient (Wildman–Crippen LogP) is -1.47. The molecule has 9 atom stereocenters. The highest BCUT2D eigenvalue weighted by atomic mass is 32.2. The molecule has 0 saturated carbocycles. The Bertz CT molecular complexity index is 2120. The van der Waals surface area contributed by atoms with Crippen molar-refractivity contribution in [1.82, 2.24) is 36.4 Å². The average Bonchev–Trinajstić information content (AvgIpc) is 3.89. The van der Waals surface area contributed by atoms with E-state index >= 15 is 0 Å². The van der Waals surface area contributed by atoms with Crippen LogP contribution < -0.4 is 43.8 Å². The van der Waals surface area contributed by atoms with Crippen molar-refractivity contribution in [3.8, 4) is 0 Å². The van der Waals surface area contributed by atoms with Gasteiger partial charge in [-0.1, -0.05) is 80.9 Å². The van der Waals surface area contributed by atoms with Gasteiger partial charge in [0.15, 0.2) is 0 Å². The van der Waals surface area contributed by atoms with Gasteiger partial charge in [-0.05, 0) is 67.7 Å². The molecule has 0 unspecified atom stereocenters. The van der Waals surface area contributed by atoms with Crippen molar-refractivity contribution in [3.05, 3.63) is 71.8 Å². The summed E-state index contributed by atoms with van der Waals surface area (Å²) in [4.78, 5) is 125. The Labute approximate surface area is 412 Å². The minimum absolute atomic E-state index is 0.0190. The van der Waals surface area contributed by atoms with Gasteiger partial charge in [0.05, 0.1) is 19.1 Å². The number of amides is 8. The van der Waals surface area contributed by atoms with Gasteiger partial charge in [0.2, 0.25) is 47.3 Å². The molecule has 2 saturated heterocycles. The van der Waals surface area contributed by atoms with Gasteiger partial charge in [0.1, 0.15) is 42.3 Å². The number of unbranched alkanes of at least 4 members (excludes halogenated alkanes) is 1. The quantitative estimate of drug-likeness (QED) is 0.0417. The minimum Gasteiger partial charge on any atom is -0.481 e. The van der Waals surface area contributed by atoms with Gasteiger partial charge in [0, 0.05) is 31.8 Å². The van der Waals surface area contributed by atoms with E-state index in [2.05, 4.69) is 26.6 Å². The first-order valence-corrected chi connectivity index (χ1v) is 25.0. The zero-order valence-electron chi connectivity index (χ0n) is 40.0. The van der Waals surface area contributed by atoms with Crippen molar-refractivity contribution >= 4 is 65.0 Å². The SMILES string of the molecule is CSCC[C@H](NC(=O)[C@H](CC(C)C)N1C[C@H]2CCN(C(=O)[C@H](Cc3ccccc3)NC(=O)[C@H](Cc3ccccc3)NC(=O)[C@H](CO)NC(=O)[C@H](CC(=O)O)NC(=O)[C@@H](N)CCCCN)[C@H]2C1=O)C(N)=O. The summed E-state index contributed by atoms with van der Waals surface area (Å²) in [6.45, 7) is 3.55. The molecule has 13 N–H and O–H groups in total. The maximum Gasteiger partial charge on any atom is 0.305 e. The Morgan fingerprint density at radius 2 is 1.29 bits per heavy atom. The summed E-state index contributed by atoms with van der Waals surface area (Å²) >= 11 is 1.49. The fraction of sp³-hybridized carbons (Fsp3) is 0.562. The van der Waals surface area contributed by atoms with E-state index in [1.54, 1.807) is 60.7 Å². The molecule has 2 fully saturated rings. The number of nitrogens with one attached hydrogen (secondary N) is 5. The number of carbonyl (C=O) groups is 9. The Kier molecular flexibility index (Phi) is 22.5. The van der Waals surface area contributed by atoms with Crippen molar-refractivity contribution in [1.29, 1.82) is 0 Å². The van der Waals surface area contributed by atoms with E-state index in [9.17, 15) is 53.4 Å². The number of carbonyl (C=O) groups excluding carboxylic acids is 8. The van der Waals surface area contributed by atoms with Crippen molar-refractivity contribution < 1.29 is 53.4 Å². The number of nitrogens with two attached hydrogens (primary N) is 3. The molecule has 2 aliphatic heterocycles. The summed E-state index contributed by atoms with van der Waals surface area (Å²) in [5.41, 5.74) is 18.4. The highest BCUT2D eigenvalue weighted by Crippen LogP contribution is 2.35. The van der Waals surface area contributed by atoms with E-state index in [4.69, 9.17) is 17.2 Å². The number of aliphatic hydroxyl groups excluding tert-OH is 1. The fourth-order valence-corrected chi connectivity index (χ4v) is 9.13. The zero-order chi connectivity index (χ0) is 51.5. The van der Waals surface area contributed by atoms with E-state index in [1.165, 1.54) is 21.6 Å². The summed E-state index contributed by atoms with van der Waals surface area (Å²) in [6.07, 6.45) is 3.17. The number of aliphatic carboxylic acids is 1. The number of carboxylic acid groups (broad SMARTS) is 1. The van der Waals surface area contributed by atoms with Gasteiger partial charge >= 0.3 is 5.97 Å². The van der Waals surface area contributed by atoms with Crippen LogP contribution in [0, 0.1) is 11.8 Å². The third kappa shape index (κ3) is 16.5. The predicted molar refractivity (Wildman–Crippen MR) is 261 cm³/mol. The number of fused-ring (bicyclic) bond motifs is 1. The lowest BCUT2D eigenvalue weighted by molar-refractivity contribution is -0.146. The van der Waals surface area contributed by atoms with Crippen LogP contribution in [0.5, 0.6) is 0 Å². The molecule has 2 aromatic carbocycles. The molecule has 2 aliphatic rings. The molecule has 0 bridgehead atoms. The van der Waals surface area contributed by atoms with E-state index in [-0.39, 0.29) is 50.6 Å². The van der Waals surface area contributed by atoms with Crippen LogP contribution >= 0.6 is 11.8 Å². The Balaban J connectivity index is 1.58. The number of likely N-dealkylation sites (tertiary alicyclic amines) is 2. The third-order valence-corrected chi connectivity index (χ3v) is 13.0. The van der Waals surface area contributed by atoms with Crippen LogP contribution in [0.4, 0.5) is 0 Å². The lowest BCUT2D eigenvalue weighted by Crippen LogP contribution is -2.61. The topological polar surface area (TPSA) is 339 Å². The zero-order valence-corrected chi connectivity index (χ0v) is 40.9. The molecule has 4 rings (SSSR count). The standard InChI is InChI=1S/C48H70N10O11S/c1-28(2)22-38(46(67)52-33(41(51)62)18-21-70-3)58-26-31-17-20-57(40(31)48(58)69)47(68)36(24-30-14-8-5-9-15-30)55-43(64)34(23-29-12-6-4-7-13-29)54-45(66)37(27-59)56-44(65)35(25-39(60)61)53-42(63)32(50)16-10-11-19-49/h4-9,12-15,28,31-38,40,59H,10-11,16-27,49-50H2,1-3H3,(H2,51,62)(H,52,67)(H,53,63)(H,54,66)(H,55,64)(H,56,65)(H,60,61)/t31-,32+,33+,34+,35+,36+,37+,38+,40-/m1/s1. The van der Waals surface area contributed by atoms with Gasteiger partial charge in [-0.25, -0.2) is 0 Å². The van der Waals surface area contributed by atoms with Gasteiger partial charge in [0.25, 0.3) is 0 Å². The van der Waals surface area contributed by atoms with Crippen LogP contribution in [0.25, 0.3) is 0 Å². The summed E-state index contributed by atoms with van der Waals surface area (Å²) in [6, 6.07) is 7.40. The van der Waals surface area contributed by atoms with Gasteiger partial charge in [-0.2, -0.15) is 11.8 Å². The van der Waals surface area contributed by atoms with Gasteiger partial charge in [-0.3, -0.25) is 43.2 Å². The Hall–Kier alpha value is -6.10. The van der Waals surface area contributed by atoms with E-state index in [0.29, 0.717) is 49.1 Å². The first-order chi connectivity index (χ1) is 33.4. The molecule has 2 heterocycles. The summed E-state index contributed by atoms with van der Waals surface area (Å²) in [5.74, 6) is -7.25. The highest BCUT2D eigenvalue weighted by Gasteiger charge is 2.53. The van der Waals surface area contributed by atoms with Gasteiger partial charge in [-0.15, -0.1) is 0 Å². The molecule has 0 spiro atoms. The first-order valence-electron chi connectivity index (χ1n) is 23.7. The average molecular weight is 995 g/mol. The summed E-state index contributed by atoms with van der Waals surface area (Å²) in [5, 5.41) is 32.6. The normalized spacial score (nSPS) is 18.4. The van der Waals surface area contributed by atoms with Crippen LogP contribution in [-0.4, -0.2) is 160 Å². The molecular weight excluding hydrogens is 925 g/mol. The molecule has 0 aromatic heterocycles. The Morgan fingerprint density at radius 1 is 0.743 bits per heavy atom. The molecule has 0 aliphatic carbocycles. The number of aliphatic hydroxyl groups is 1. The largest absolute Gasteiger partial charge is 0.481 e. The second-order valence-electron chi connectivity index (χ2n) is 18.2. The molecule has 8 amide bonds. The second kappa shape index (κ2) is 27.9. The lowest BCUT2D eigenvalue weighted by Gasteiger charge is -2.33. The molecule has 21 nitrogen and oxygen atoms in total. The molecule has 384 valence electrons. The monoisotopic (exact) mass is 994 g/mol. The minimum atomic E-state index is -1.73. The maximum atomic E-state index is 14.8. The number of thioether (sulfide) groups is 1. The van der Waals surface area contributed by atoms with Crippen molar-refractivity contribution in [2.24, 2.45) is 29.0 Å². The molecule has 0 radical (unpaired) electrons. The van der Waals surface area contributed by atoms with Gasteiger partial charge < -0.3 is 63.8 Å². The van der Waals surface area contributed by atoms with Crippen molar-refractivity contribution in [3.63, 3.8) is 0 Å². The molecule has 70 heavy (non-hydrogen) atoms. The molecule has 22 heteroatoms. The third-order valence-electron chi connectivity index (χ3n) is 12.4. The first kappa shape index (κ1) is 56.5. The number of benzene rings is 2. The number of rotatable bonds is 29. The highest BCUT2D eigenvalue weighted by molar-refractivity contribution is 7.98. The maximum absolute atomic E-state index is 14.8. The van der Waals surface area contributed by atoms with Crippen LogP contribution in [0.2, 0.25) is 0 Å². The second-order valence-corrected chi connectivity index (χ2v) is 19.2. The molecular formula is C48H70N10O11S. The van der Waals surface area contributed by atoms with E-state index in [0.717, 1.165) is 0 Å². The van der Waals surface area contributed by atoms with Crippen LogP contribution in [0.1, 0.15) is 69.9 Å². The number of hydrogen-bond acceptors (Lipinski definition) is 13. The summed E-state index contributed by atoms with van der Waals surface area (Å²) < 4.78 is 0. The van der Waals surface area contributed by atoms with Crippen LogP contribution in [0.3, 0.4) is 0 Å². The number of nitrogens with zero attached hydrogens (tertiary/aromatic N) is 2. The fourth-order valence-electron chi connectivity index (χ4n) is 8.66. The van der Waals surface area contributed by atoms with E-state index in [1.807, 2.05) is 20.1 Å². The number of primary amides is 1. The molecule has 2 aromatic rings. The van der Waals surface area contributed by atoms with Crippen LogP contribution in [0.15, 0.2) is 60.7 Å². The number of hydrogen-bond donors (Lipinski definition) is 10. The lowest BCUT2D eigenvalue weighted by atomic mass is 10.0. The number of carboxylic acids is 1. The van der Waals surface area contributed by atoms with Crippen LogP contribution in [-0.2, 0) is 56.0 Å². The van der Waals surface area contributed by atoms with Crippen molar-refractivity contribution in [2.75, 3.05) is 38.2 Å². The van der Waals surface area contributed by atoms with Crippen molar-refractivity contribution in [2.45, 2.75) is 120 Å². The smallest absolute Gasteiger partial charge is 0.305 e. The van der Waals surface area contributed by atoms with E-state index < -0.39 is 115 Å². The Morgan fingerprint density at radius 3 is 1.84 bits per heavy atom. The summed E-state index contributed by atoms with van der Waals surface area (Å²) in [7, 11) is 0.